The Bertz CT molecular complexity index is 976. The molecule has 1 aromatic heterocycles. The highest BCUT2D eigenvalue weighted by atomic mass is 19.1. The smallest absolute Gasteiger partial charge is 0.337 e. The van der Waals surface area contributed by atoms with E-state index in [4.69, 9.17) is 0 Å². The topological polar surface area (TPSA) is 93.2 Å². The maximum absolute atomic E-state index is 12.9. The Hall–Kier alpha value is -3.81. The molecule has 0 unspecified atom stereocenters. The summed E-state index contributed by atoms with van der Waals surface area (Å²) in [6.45, 7) is 0.251. The first kappa shape index (κ1) is 19.0. The van der Waals surface area contributed by atoms with Gasteiger partial charge in [0.15, 0.2) is 0 Å². The van der Waals surface area contributed by atoms with Gasteiger partial charge < -0.3 is 15.4 Å². The minimum absolute atomic E-state index is 0.149. The molecule has 0 atom stereocenters. The molecule has 142 valence electrons. The molecule has 3 aromatic rings. The van der Waals surface area contributed by atoms with Gasteiger partial charge in [0.2, 0.25) is 0 Å². The number of hydrogen-bond acceptors (Lipinski definition) is 6. The van der Waals surface area contributed by atoms with Gasteiger partial charge in [0.1, 0.15) is 17.3 Å². The molecule has 7 nitrogen and oxygen atoms in total. The average molecular weight is 380 g/mol. The van der Waals surface area contributed by atoms with Gasteiger partial charge in [0, 0.05) is 12.2 Å². The lowest BCUT2D eigenvalue weighted by Crippen LogP contribution is -2.24. The number of benzene rings is 2. The van der Waals surface area contributed by atoms with Crippen molar-refractivity contribution >= 4 is 23.4 Å². The molecule has 0 aliphatic heterocycles. The molecular formula is C20H17FN4O3. The molecule has 0 bridgehead atoms. The first-order chi connectivity index (χ1) is 13.5. The molecule has 2 N–H and O–H groups in total. The number of hydrogen-bond donors (Lipinski definition) is 2. The van der Waals surface area contributed by atoms with Gasteiger partial charge in [-0.3, -0.25) is 4.79 Å². The molecule has 0 aliphatic carbocycles. The first-order valence-corrected chi connectivity index (χ1v) is 8.35. The third-order valence-corrected chi connectivity index (χ3v) is 3.81. The minimum atomic E-state index is -0.442. The fourth-order valence-corrected chi connectivity index (χ4v) is 2.37. The SMILES string of the molecule is COC(=O)c1cccc(Nc2cnc(C(=O)NCc3ccc(F)cc3)cn2)c1. The maximum Gasteiger partial charge on any atom is 0.337 e. The van der Waals surface area contributed by atoms with Gasteiger partial charge in [0.25, 0.3) is 5.91 Å². The van der Waals surface area contributed by atoms with Crippen molar-refractivity contribution < 1.29 is 18.7 Å². The molecule has 2 aromatic carbocycles. The van der Waals surface area contributed by atoms with Gasteiger partial charge in [0.05, 0.1) is 25.1 Å². The number of amides is 1. The van der Waals surface area contributed by atoms with E-state index in [9.17, 15) is 14.0 Å². The Labute approximate surface area is 160 Å². The van der Waals surface area contributed by atoms with Gasteiger partial charge in [-0.15, -0.1) is 0 Å². The summed E-state index contributed by atoms with van der Waals surface area (Å²) in [6.07, 6.45) is 2.75. The second-order valence-corrected chi connectivity index (χ2v) is 5.79. The zero-order valence-electron chi connectivity index (χ0n) is 15.0. The van der Waals surface area contributed by atoms with Crippen LogP contribution >= 0.6 is 0 Å². The lowest BCUT2D eigenvalue weighted by atomic mass is 10.2. The van der Waals surface area contributed by atoms with E-state index in [2.05, 4.69) is 25.3 Å². The third-order valence-electron chi connectivity index (χ3n) is 3.81. The quantitative estimate of drug-likeness (QED) is 0.639. The number of carbonyl (C=O) groups excluding carboxylic acids is 2. The van der Waals surface area contributed by atoms with Crippen LogP contribution in [0.25, 0.3) is 0 Å². The van der Waals surface area contributed by atoms with E-state index in [1.165, 1.54) is 31.6 Å². The molecule has 28 heavy (non-hydrogen) atoms. The number of nitrogens with one attached hydrogen (secondary N) is 2. The number of methoxy groups -OCH3 is 1. The van der Waals surface area contributed by atoms with Crippen molar-refractivity contribution in [1.82, 2.24) is 15.3 Å². The first-order valence-electron chi connectivity index (χ1n) is 8.35. The standard InChI is InChI=1S/C20H17FN4O3/c1-28-20(27)14-3-2-4-16(9-14)25-18-12-22-17(11-23-18)19(26)24-10-13-5-7-15(21)8-6-13/h2-9,11-12H,10H2,1H3,(H,23,25)(H,24,26). The Morgan fingerprint density at radius 2 is 1.86 bits per heavy atom. The van der Waals surface area contributed by atoms with Crippen molar-refractivity contribution in [1.29, 1.82) is 0 Å². The molecule has 0 saturated heterocycles. The average Bonchev–Trinajstić information content (AvgIpc) is 2.73. The number of ether oxygens (including phenoxy) is 1. The fraction of sp³-hybridized carbons (Fsp3) is 0.100. The van der Waals surface area contributed by atoms with Crippen LogP contribution in [0.15, 0.2) is 60.9 Å². The lowest BCUT2D eigenvalue weighted by molar-refractivity contribution is 0.0600. The fourth-order valence-electron chi connectivity index (χ4n) is 2.37. The molecule has 0 spiro atoms. The Balaban J connectivity index is 1.60. The van der Waals surface area contributed by atoms with Crippen LogP contribution in [-0.4, -0.2) is 29.0 Å². The number of carbonyl (C=O) groups is 2. The second kappa shape index (κ2) is 8.72. The van der Waals surface area contributed by atoms with Gasteiger partial charge in [-0.05, 0) is 35.9 Å². The molecule has 3 rings (SSSR count). The summed E-state index contributed by atoms with van der Waals surface area (Å²) >= 11 is 0. The third kappa shape index (κ3) is 4.88. The number of rotatable bonds is 6. The van der Waals surface area contributed by atoms with Crippen LogP contribution in [0, 0.1) is 5.82 Å². The van der Waals surface area contributed by atoms with Crippen molar-refractivity contribution in [2.75, 3.05) is 12.4 Å². The lowest BCUT2D eigenvalue weighted by Gasteiger charge is -2.08. The zero-order chi connectivity index (χ0) is 19.9. The molecule has 8 heteroatoms. The number of halogens is 1. The highest BCUT2D eigenvalue weighted by Crippen LogP contribution is 2.16. The predicted octanol–water partition coefficient (Wildman–Crippen LogP) is 3.08. The number of aromatic nitrogens is 2. The van der Waals surface area contributed by atoms with Crippen molar-refractivity contribution in [2.45, 2.75) is 6.54 Å². The summed E-state index contributed by atoms with van der Waals surface area (Å²) in [5.41, 5.74) is 1.95. The summed E-state index contributed by atoms with van der Waals surface area (Å²) in [5, 5.41) is 5.70. The molecule has 0 saturated carbocycles. The molecule has 0 aliphatic rings. The molecule has 1 heterocycles. The maximum atomic E-state index is 12.9. The Morgan fingerprint density at radius 3 is 2.54 bits per heavy atom. The summed E-state index contributed by atoms with van der Waals surface area (Å²) in [4.78, 5) is 32.0. The van der Waals surface area contributed by atoms with Crippen LogP contribution in [0.4, 0.5) is 15.9 Å². The predicted molar refractivity (Wildman–Crippen MR) is 101 cm³/mol. The van der Waals surface area contributed by atoms with Gasteiger partial charge in [-0.1, -0.05) is 18.2 Å². The van der Waals surface area contributed by atoms with Crippen LogP contribution in [-0.2, 0) is 11.3 Å². The van der Waals surface area contributed by atoms with Crippen molar-refractivity contribution in [3.05, 3.63) is 83.6 Å². The second-order valence-electron chi connectivity index (χ2n) is 5.79. The molecule has 0 radical (unpaired) electrons. The largest absolute Gasteiger partial charge is 0.465 e. The molecule has 1 amide bonds. The number of anilines is 2. The van der Waals surface area contributed by atoms with Crippen LogP contribution in [0.2, 0.25) is 0 Å². The van der Waals surface area contributed by atoms with Crippen LogP contribution in [0.3, 0.4) is 0 Å². The molecular weight excluding hydrogens is 363 g/mol. The van der Waals surface area contributed by atoms with Crippen LogP contribution in [0.1, 0.15) is 26.4 Å². The number of esters is 1. The highest BCUT2D eigenvalue weighted by molar-refractivity contribution is 5.92. The van der Waals surface area contributed by atoms with Crippen molar-refractivity contribution in [2.24, 2.45) is 0 Å². The van der Waals surface area contributed by atoms with Crippen molar-refractivity contribution in [3.8, 4) is 0 Å². The number of nitrogens with zero attached hydrogens (tertiary/aromatic N) is 2. The van der Waals surface area contributed by atoms with E-state index in [-0.39, 0.29) is 18.1 Å². The summed E-state index contributed by atoms with van der Waals surface area (Å²) < 4.78 is 17.6. The minimum Gasteiger partial charge on any atom is -0.465 e. The highest BCUT2D eigenvalue weighted by Gasteiger charge is 2.09. The van der Waals surface area contributed by atoms with Crippen LogP contribution in [0.5, 0.6) is 0 Å². The molecule has 0 fully saturated rings. The summed E-state index contributed by atoms with van der Waals surface area (Å²) in [6, 6.07) is 12.6. The van der Waals surface area contributed by atoms with E-state index < -0.39 is 11.9 Å². The van der Waals surface area contributed by atoms with Gasteiger partial charge in [-0.25, -0.2) is 19.2 Å². The Morgan fingerprint density at radius 1 is 1.07 bits per heavy atom. The van der Waals surface area contributed by atoms with E-state index in [1.54, 1.807) is 36.4 Å². The van der Waals surface area contributed by atoms with E-state index in [0.717, 1.165) is 5.56 Å². The van der Waals surface area contributed by atoms with E-state index >= 15 is 0 Å². The summed E-state index contributed by atoms with van der Waals surface area (Å²) in [5.74, 6) is -0.753. The van der Waals surface area contributed by atoms with E-state index in [0.29, 0.717) is 17.1 Å². The zero-order valence-corrected chi connectivity index (χ0v) is 15.0. The van der Waals surface area contributed by atoms with Crippen molar-refractivity contribution in [3.63, 3.8) is 0 Å². The normalized spacial score (nSPS) is 10.2. The Kier molecular flexibility index (Phi) is 5.91. The van der Waals surface area contributed by atoms with Crippen LogP contribution < -0.4 is 10.6 Å². The van der Waals surface area contributed by atoms with Gasteiger partial charge >= 0.3 is 5.97 Å². The monoisotopic (exact) mass is 380 g/mol. The van der Waals surface area contributed by atoms with E-state index in [1.807, 2.05) is 0 Å². The van der Waals surface area contributed by atoms with Gasteiger partial charge in [-0.2, -0.15) is 0 Å². The summed E-state index contributed by atoms with van der Waals surface area (Å²) in [7, 11) is 1.31.